The van der Waals surface area contributed by atoms with Crippen molar-refractivity contribution in [3.8, 4) is 0 Å². The second kappa shape index (κ2) is 8.69. The Bertz CT molecular complexity index is 567. The number of aromatic nitrogens is 1. The van der Waals surface area contributed by atoms with Crippen molar-refractivity contribution in [3.05, 3.63) is 30.1 Å². The monoisotopic (exact) mass is 348 g/mol. The first-order valence-electron chi connectivity index (χ1n) is 8.75. The smallest absolute Gasteiger partial charge is 0.410 e. The van der Waals surface area contributed by atoms with Crippen LogP contribution >= 0.6 is 0 Å². The average molecular weight is 348 g/mol. The van der Waals surface area contributed by atoms with E-state index >= 15 is 0 Å². The van der Waals surface area contributed by atoms with E-state index in [1.807, 2.05) is 32.9 Å². The molecular formula is C18H28N4O3. The molecule has 3 amide bonds. The molecule has 138 valence electrons. The third-order valence-electron chi connectivity index (χ3n) is 3.55. The van der Waals surface area contributed by atoms with E-state index < -0.39 is 5.60 Å². The van der Waals surface area contributed by atoms with Gasteiger partial charge >= 0.3 is 12.1 Å². The lowest BCUT2D eigenvalue weighted by atomic mass is 10.2. The fourth-order valence-electron chi connectivity index (χ4n) is 2.21. The maximum Gasteiger partial charge on any atom is 0.410 e. The van der Waals surface area contributed by atoms with Gasteiger partial charge in [0.1, 0.15) is 5.60 Å². The molecule has 0 saturated heterocycles. The Morgan fingerprint density at radius 1 is 1.36 bits per heavy atom. The largest absolute Gasteiger partial charge is 0.444 e. The fraction of sp³-hybridized carbons (Fsp3) is 0.611. The van der Waals surface area contributed by atoms with Crippen LogP contribution in [-0.2, 0) is 11.3 Å². The van der Waals surface area contributed by atoms with Crippen LogP contribution in [0.2, 0.25) is 0 Å². The van der Waals surface area contributed by atoms with Crippen molar-refractivity contribution in [1.29, 1.82) is 0 Å². The van der Waals surface area contributed by atoms with Crippen LogP contribution < -0.4 is 10.6 Å². The van der Waals surface area contributed by atoms with Gasteiger partial charge in [0, 0.05) is 31.5 Å². The molecule has 2 N–H and O–H groups in total. The second-order valence-corrected chi connectivity index (χ2v) is 7.29. The Labute approximate surface area is 149 Å². The Hall–Kier alpha value is -2.31. The minimum absolute atomic E-state index is 0.140. The van der Waals surface area contributed by atoms with E-state index in [0.717, 1.165) is 18.4 Å². The molecule has 0 spiro atoms. The first-order valence-corrected chi connectivity index (χ1v) is 8.75. The summed E-state index contributed by atoms with van der Waals surface area (Å²) in [6, 6.07) is 3.96. The Kier molecular flexibility index (Phi) is 6.61. The van der Waals surface area contributed by atoms with Gasteiger partial charge in [0.25, 0.3) is 0 Å². The molecule has 0 atom stereocenters. The second-order valence-electron chi connectivity index (χ2n) is 7.29. The highest BCUT2D eigenvalue weighted by molar-refractivity contribution is 5.74. The zero-order valence-corrected chi connectivity index (χ0v) is 15.2. The van der Waals surface area contributed by atoms with Gasteiger partial charge in [-0.25, -0.2) is 9.59 Å². The van der Waals surface area contributed by atoms with Crippen molar-refractivity contribution in [2.45, 2.75) is 58.2 Å². The number of hydrogen-bond donors (Lipinski definition) is 2. The van der Waals surface area contributed by atoms with Crippen LogP contribution in [0.25, 0.3) is 0 Å². The Morgan fingerprint density at radius 3 is 2.72 bits per heavy atom. The van der Waals surface area contributed by atoms with Gasteiger partial charge < -0.3 is 20.3 Å². The maximum atomic E-state index is 12.4. The van der Waals surface area contributed by atoms with E-state index in [4.69, 9.17) is 4.74 Å². The lowest BCUT2D eigenvalue weighted by Gasteiger charge is -2.27. The van der Waals surface area contributed by atoms with Crippen LogP contribution in [0.5, 0.6) is 0 Å². The molecule has 1 aliphatic carbocycles. The molecule has 25 heavy (non-hydrogen) atoms. The first kappa shape index (κ1) is 19.0. The van der Waals surface area contributed by atoms with E-state index in [1.54, 1.807) is 17.3 Å². The summed E-state index contributed by atoms with van der Waals surface area (Å²) in [6.07, 6.45) is 5.84. The number of ether oxygens (including phenoxy) is 1. The lowest BCUT2D eigenvalue weighted by Crippen LogP contribution is -2.40. The highest BCUT2D eigenvalue weighted by Crippen LogP contribution is 2.18. The normalized spacial score (nSPS) is 13.9. The molecule has 0 bridgehead atoms. The lowest BCUT2D eigenvalue weighted by molar-refractivity contribution is 0.0232. The van der Waals surface area contributed by atoms with Crippen molar-refractivity contribution < 1.29 is 14.3 Å². The summed E-state index contributed by atoms with van der Waals surface area (Å²) in [6.45, 7) is 6.96. The van der Waals surface area contributed by atoms with Crippen LogP contribution in [0, 0.1) is 0 Å². The van der Waals surface area contributed by atoms with Gasteiger partial charge in [-0.2, -0.15) is 0 Å². The van der Waals surface area contributed by atoms with Crippen LogP contribution in [0.3, 0.4) is 0 Å². The molecule has 7 nitrogen and oxygen atoms in total. The molecular weight excluding hydrogens is 320 g/mol. The van der Waals surface area contributed by atoms with Crippen molar-refractivity contribution in [3.63, 3.8) is 0 Å². The van der Waals surface area contributed by atoms with Gasteiger partial charge in [-0.3, -0.25) is 4.98 Å². The molecule has 0 aliphatic heterocycles. The van der Waals surface area contributed by atoms with Crippen molar-refractivity contribution in [1.82, 2.24) is 20.5 Å². The van der Waals surface area contributed by atoms with Crippen molar-refractivity contribution in [2.75, 3.05) is 13.1 Å². The van der Waals surface area contributed by atoms with E-state index in [9.17, 15) is 9.59 Å². The fourth-order valence-corrected chi connectivity index (χ4v) is 2.21. The van der Waals surface area contributed by atoms with Gasteiger partial charge in [-0.15, -0.1) is 0 Å². The number of hydrogen-bond acceptors (Lipinski definition) is 4. The number of amides is 3. The van der Waals surface area contributed by atoms with Crippen LogP contribution in [0.15, 0.2) is 24.5 Å². The van der Waals surface area contributed by atoms with E-state index in [2.05, 4.69) is 15.6 Å². The number of urea groups is 1. The van der Waals surface area contributed by atoms with Crippen LogP contribution in [0.1, 0.15) is 45.6 Å². The molecule has 1 heterocycles. The topological polar surface area (TPSA) is 83.6 Å². The molecule has 7 heteroatoms. The van der Waals surface area contributed by atoms with Gasteiger partial charge in [0.2, 0.25) is 0 Å². The van der Waals surface area contributed by atoms with Crippen molar-refractivity contribution >= 4 is 12.1 Å². The van der Waals surface area contributed by atoms with Gasteiger partial charge in [-0.05, 0) is 51.7 Å². The molecule has 2 rings (SSSR count). The molecule has 0 unspecified atom stereocenters. The average Bonchev–Trinajstić information content (AvgIpc) is 3.33. The Morgan fingerprint density at radius 2 is 2.12 bits per heavy atom. The molecule has 1 saturated carbocycles. The highest BCUT2D eigenvalue weighted by atomic mass is 16.6. The van der Waals surface area contributed by atoms with Gasteiger partial charge in [-0.1, -0.05) is 6.07 Å². The summed E-state index contributed by atoms with van der Waals surface area (Å²) in [7, 11) is 0. The minimum atomic E-state index is -0.549. The zero-order chi connectivity index (χ0) is 18.3. The predicted molar refractivity (Wildman–Crippen MR) is 95.1 cm³/mol. The molecule has 0 radical (unpaired) electrons. The number of rotatable bonds is 7. The molecule has 1 aromatic rings. The quantitative estimate of drug-likeness (QED) is 0.742. The van der Waals surface area contributed by atoms with Gasteiger partial charge in [0.05, 0.1) is 6.54 Å². The van der Waals surface area contributed by atoms with E-state index in [1.165, 1.54) is 0 Å². The number of carbonyl (C=O) groups excluding carboxylic acids is 2. The van der Waals surface area contributed by atoms with Crippen LogP contribution in [-0.4, -0.2) is 46.7 Å². The number of pyridine rings is 1. The van der Waals surface area contributed by atoms with Crippen molar-refractivity contribution in [2.24, 2.45) is 0 Å². The number of nitrogens with one attached hydrogen (secondary N) is 2. The number of carbonyl (C=O) groups is 2. The molecule has 1 aromatic heterocycles. The third-order valence-corrected chi connectivity index (χ3v) is 3.55. The molecule has 1 fully saturated rings. The summed E-state index contributed by atoms with van der Waals surface area (Å²) in [5, 5.41) is 5.69. The van der Waals surface area contributed by atoms with E-state index in [-0.39, 0.29) is 12.1 Å². The standard InChI is InChI=1S/C18H28N4O3/c1-18(2,3)25-17(24)22(13-14-6-4-9-19-12-14)11-5-10-20-16(23)21-15-7-8-15/h4,6,9,12,15H,5,7-8,10-11,13H2,1-3H3,(H2,20,21,23). The summed E-state index contributed by atoms with van der Waals surface area (Å²) >= 11 is 0. The summed E-state index contributed by atoms with van der Waals surface area (Å²) in [5.74, 6) is 0. The third kappa shape index (κ3) is 7.87. The summed E-state index contributed by atoms with van der Waals surface area (Å²) in [4.78, 5) is 29.8. The predicted octanol–water partition coefficient (Wildman–Crippen LogP) is 2.67. The summed E-state index contributed by atoms with van der Waals surface area (Å²) < 4.78 is 5.48. The minimum Gasteiger partial charge on any atom is -0.444 e. The van der Waals surface area contributed by atoms with Gasteiger partial charge in [0.15, 0.2) is 0 Å². The van der Waals surface area contributed by atoms with Crippen LogP contribution in [0.4, 0.5) is 9.59 Å². The zero-order valence-electron chi connectivity index (χ0n) is 15.2. The van der Waals surface area contributed by atoms with E-state index in [0.29, 0.717) is 32.1 Å². The highest BCUT2D eigenvalue weighted by Gasteiger charge is 2.24. The molecule has 1 aliphatic rings. The number of nitrogens with zero attached hydrogens (tertiary/aromatic N) is 2. The SMILES string of the molecule is CC(C)(C)OC(=O)N(CCCNC(=O)NC1CC1)Cc1cccnc1. The Balaban J connectivity index is 1.82. The molecule has 0 aromatic carbocycles. The first-order chi connectivity index (χ1) is 11.8. The summed E-state index contributed by atoms with van der Waals surface area (Å²) in [5.41, 5.74) is 0.389. The maximum absolute atomic E-state index is 12.4.